The Morgan fingerprint density at radius 1 is 0.955 bits per heavy atom. The van der Waals surface area contributed by atoms with Crippen molar-refractivity contribution in [2.75, 3.05) is 0 Å². The average Bonchev–Trinajstić information content (AvgIpc) is 2.73. The molecule has 0 amide bonds. The van der Waals surface area contributed by atoms with Crippen LogP contribution in [0.5, 0.6) is 0 Å². The van der Waals surface area contributed by atoms with E-state index in [4.69, 9.17) is 4.99 Å². The van der Waals surface area contributed by atoms with Gasteiger partial charge in [-0.3, -0.25) is 4.99 Å². The van der Waals surface area contributed by atoms with Crippen LogP contribution in [0.25, 0.3) is 11.1 Å². The van der Waals surface area contributed by atoms with Gasteiger partial charge in [-0.15, -0.1) is 0 Å². The van der Waals surface area contributed by atoms with Gasteiger partial charge >= 0.3 is 0 Å². The summed E-state index contributed by atoms with van der Waals surface area (Å²) in [5, 5.41) is 0. The summed E-state index contributed by atoms with van der Waals surface area (Å²) in [6.45, 7) is 15.3. The van der Waals surface area contributed by atoms with Gasteiger partial charge in [0.05, 0.1) is 11.2 Å². The van der Waals surface area contributed by atoms with Crippen LogP contribution in [0.15, 0.2) is 41.4 Å². The summed E-state index contributed by atoms with van der Waals surface area (Å²) in [6, 6.07) is 12.8. The molecule has 22 heavy (non-hydrogen) atoms. The number of nitrogens with zero attached hydrogens (tertiary/aromatic N) is 2. The van der Waals surface area contributed by atoms with Gasteiger partial charge in [-0.25, -0.2) is 0 Å². The molecule has 0 N–H and O–H groups in total. The van der Waals surface area contributed by atoms with E-state index in [9.17, 15) is 0 Å². The molecule has 0 unspecified atom stereocenters. The summed E-state index contributed by atoms with van der Waals surface area (Å²) < 4.78 is 2.38. The van der Waals surface area contributed by atoms with Crippen LogP contribution in [0, 0.1) is 6.92 Å². The maximum absolute atomic E-state index is 4.75. The second kappa shape index (κ2) is 5.75. The van der Waals surface area contributed by atoms with Gasteiger partial charge in [0.25, 0.3) is 0 Å². The molecule has 118 valence electrons. The topological polar surface area (TPSA) is 17.3 Å². The third-order valence-corrected chi connectivity index (χ3v) is 3.55. The van der Waals surface area contributed by atoms with Crippen molar-refractivity contribution in [3.8, 4) is 11.1 Å². The molecular formula is C20H28N2. The number of hydrogen-bond donors (Lipinski definition) is 0. The molecule has 0 atom stereocenters. The molecule has 0 spiro atoms. The maximum atomic E-state index is 4.75. The number of aliphatic imine (C=N–C) groups is 1. The van der Waals surface area contributed by atoms with E-state index >= 15 is 0 Å². The maximum Gasteiger partial charge on any atom is 0.0675 e. The van der Waals surface area contributed by atoms with Crippen molar-refractivity contribution in [1.82, 2.24) is 4.57 Å². The lowest BCUT2D eigenvalue weighted by molar-refractivity contribution is 0.389. The van der Waals surface area contributed by atoms with Gasteiger partial charge < -0.3 is 4.57 Å². The Balaban J connectivity index is 2.67. The van der Waals surface area contributed by atoms with E-state index in [1.807, 2.05) is 6.21 Å². The van der Waals surface area contributed by atoms with Crippen LogP contribution in [-0.4, -0.2) is 16.3 Å². The first-order chi connectivity index (χ1) is 10.1. The minimum absolute atomic E-state index is 0.0242. The van der Waals surface area contributed by atoms with Gasteiger partial charge in [0.15, 0.2) is 0 Å². The Kier molecular flexibility index (Phi) is 4.32. The molecule has 0 aliphatic rings. The molecule has 0 bridgehead atoms. The van der Waals surface area contributed by atoms with Crippen molar-refractivity contribution < 1.29 is 0 Å². The van der Waals surface area contributed by atoms with Crippen LogP contribution in [0.4, 0.5) is 0 Å². The summed E-state index contributed by atoms with van der Waals surface area (Å²) >= 11 is 0. The van der Waals surface area contributed by atoms with Crippen LogP contribution in [0.3, 0.4) is 0 Å². The molecule has 2 nitrogen and oxygen atoms in total. The molecule has 0 aliphatic heterocycles. The van der Waals surface area contributed by atoms with Gasteiger partial charge in [-0.1, -0.05) is 30.3 Å². The minimum atomic E-state index is -0.0746. The van der Waals surface area contributed by atoms with Crippen molar-refractivity contribution in [1.29, 1.82) is 0 Å². The predicted molar refractivity (Wildman–Crippen MR) is 96.9 cm³/mol. The number of benzene rings is 1. The molecule has 2 rings (SSSR count). The summed E-state index contributed by atoms with van der Waals surface area (Å²) in [7, 11) is 0. The number of hydrogen-bond acceptors (Lipinski definition) is 1. The van der Waals surface area contributed by atoms with Crippen LogP contribution in [-0.2, 0) is 5.54 Å². The molecule has 1 heterocycles. The standard InChI is InChI=1S/C20H28N2/c1-15-13-17(16-11-9-8-10-12-16)18(14-21-19(2,3)4)22(15)20(5,6)7/h8-14H,1-7H3. The first kappa shape index (κ1) is 16.5. The Bertz CT molecular complexity index is 662. The lowest BCUT2D eigenvalue weighted by Crippen LogP contribution is -2.25. The molecule has 2 aromatic rings. The van der Waals surface area contributed by atoms with Crippen molar-refractivity contribution >= 4 is 6.21 Å². The molecular weight excluding hydrogens is 268 g/mol. The fourth-order valence-electron chi connectivity index (χ4n) is 2.78. The zero-order valence-corrected chi connectivity index (χ0v) is 14.9. The fraction of sp³-hybridized carbons (Fsp3) is 0.450. The Hall–Kier alpha value is -1.83. The van der Waals surface area contributed by atoms with Crippen molar-refractivity contribution in [3.05, 3.63) is 47.8 Å². The first-order valence-electron chi connectivity index (χ1n) is 7.93. The SMILES string of the molecule is Cc1cc(-c2ccccc2)c(C=NC(C)(C)C)n1C(C)(C)C. The number of rotatable bonds is 2. The van der Waals surface area contributed by atoms with Crippen LogP contribution >= 0.6 is 0 Å². The molecule has 0 saturated carbocycles. The molecule has 0 radical (unpaired) electrons. The highest BCUT2D eigenvalue weighted by Crippen LogP contribution is 2.31. The quantitative estimate of drug-likeness (QED) is 0.657. The highest BCUT2D eigenvalue weighted by Gasteiger charge is 2.22. The van der Waals surface area contributed by atoms with E-state index in [0.29, 0.717) is 0 Å². The number of aromatic nitrogens is 1. The van der Waals surface area contributed by atoms with E-state index in [0.717, 1.165) is 0 Å². The largest absolute Gasteiger partial charge is 0.338 e. The van der Waals surface area contributed by atoms with Crippen molar-refractivity contribution in [3.63, 3.8) is 0 Å². The van der Waals surface area contributed by atoms with Gasteiger partial charge in [-0.2, -0.15) is 0 Å². The molecule has 1 aromatic carbocycles. The van der Waals surface area contributed by atoms with Crippen molar-refractivity contribution in [2.45, 2.75) is 59.5 Å². The molecule has 0 saturated heterocycles. The molecule has 0 aliphatic carbocycles. The number of aryl methyl sites for hydroxylation is 1. The second-order valence-corrected chi connectivity index (χ2v) is 7.89. The average molecular weight is 296 g/mol. The van der Waals surface area contributed by atoms with Gasteiger partial charge in [-0.05, 0) is 60.1 Å². The summed E-state index contributed by atoms with van der Waals surface area (Å²) in [6.07, 6.45) is 2.04. The lowest BCUT2D eigenvalue weighted by Gasteiger charge is -2.26. The smallest absolute Gasteiger partial charge is 0.0675 e. The monoisotopic (exact) mass is 296 g/mol. The van der Waals surface area contributed by atoms with Crippen molar-refractivity contribution in [2.24, 2.45) is 4.99 Å². The van der Waals surface area contributed by atoms with Crippen LogP contribution < -0.4 is 0 Å². The second-order valence-electron chi connectivity index (χ2n) is 7.89. The van der Waals surface area contributed by atoms with Gasteiger partial charge in [0.1, 0.15) is 0 Å². The van der Waals surface area contributed by atoms with Gasteiger partial charge in [0.2, 0.25) is 0 Å². The lowest BCUT2D eigenvalue weighted by atomic mass is 10.0. The fourth-order valence-corrected chi connectivity index (χ4v) is 2.78. The van der Waals surface area contributed by atoms with E-state index in [1.165, 1.54) is 22.5 Å². The molecule has 2 heteroatoms. The molecule has 0 fully saturated rings. The Morgan fingerprint density at radius 2 is 1.55 bits per heavy atom. The van der Waals surface area contributed by atoms with Crippen LogP contribution in [0.1, 0.15) is 52.9 Å². The third-order valence-electron chi connectivity index (χ3n) is 3.55. The summed E-state index contributed by atoms with van der Waals surface area (Å²) in [5.41, 5.74) is 4.89. The highest BCUT2D eigenvalue weighted by atomic mass is 15.1. The first-order valence-corrected chi connectivity index (χ1v) is 7.93. The zero-order valence-electron chi connectivity index (χ0n) is 14.9. The van der Waals surface area contributed by atoms with E-state index in [2.05, 4.69) is 89.4 Å². The normalized spacial score (nSPS) is 13.0. The Morgan fingerprint density at radius 3 is 2.05 bits per heavy atom. The highest BCUT2D eigenvalue weighted by molar-refractivity contribution is 5.90. The molecule has 1 aromatic heterocycles. The van der Waals surface area contributed by atoms with E-state index in [1.54, 1.807) is 0 Å². The Labute approximate surface area is 134 Å². The van der Waals surface area contributed by atoms with Gasteiger partial charge in [0, 0.05) is 23.0 Å². The zero-order chi connectivity index (χ0) is 16.5. The summed E-state index contributed by atoms with van der Waals surface area (Å²) in [5.74, 6) is 0. The van der Waals surface area contributed by atoms with E-state index in [-0.39, 0.29) is 11.1 Å². The van der Waals surface area contributed by atoms with E-state index < -0.39 is 0 Å². The minimum Gasteiger partial charge on any atom is -0.338 e. The summed E-state index contributed by atoms with van der Waals surface area (Å²) in [4.78, 5) is 4.75. The van der Waals surface area contributed by atoms with Crippen LogP contribution in [0.2, 0.25) is 0 Å². The third kappa shape index (κ3) is 3.68. The predicted octanol–water partition coefficient (Wildman–Crippen LogP) is 5.44.